The molecular formula is C22H23ClN4O. The topological polar surface area (TPSA) is 41.4 Å². The Morgan fingerprint density at radius 2 is 1.89 bits per heavy atom. The largest absolute Gasteiger partial charge is 0.329 e. The molecule has 144 valence electrons. The van der Waals surface area contributed by atoms with E-state index in [0.717, 1.165) is 30.0 Å². The van der Waals surface area contributed by atoms with Gasteiger partial charge in [0.2, 0.25) is 0 Å². The fourth-order valence-electron chi connectivity index (χ4n) is 3.77. The van der Waals surface area contributed by atoms with Gasteiger partial charge in [-0.1, -0.05) is 48.0 Å². The van der Waals surface area contributed by atoms with Crippen LogP contribution in [0.25, 0.3) is 5.69 Å². The zero-order chi connectivity index (χ0) is 19.7. The van der Waals surface area contributed by atoms with Crippen LogP contribution in [0.1, 0.15) is 27.7 Å². The number of nitrogens with zero attached hydrogens (tertiary/aromatic N) is 4. The first-order chi connectivity index (χ1) is 13.5. The Hall–Kier alpha value is -2.63. The number of hydrogen-bond donors (Lipinski definition) is 0. The highest BCUT2D eigenvalue weighted by molar-refractivity contribution is 6.30. The van der Waals surface area contributed by atoms with Crippen LogP contribution in [0.3, 0.4) is 0 Å². The van der Waals surface area contributed by atoms with Crippen molar-refractivity contribution in [3.8, 4) is 5.69 Å². The molecule has 1 unspecified atom stereocenters. The lowest BCUT2D eigenvalue weighted by atomic mass is 10.0. The second-order valence-corrected chi connectivity index (χ2v) is 7.66. The molecule has 1 aromatic heterocycles. The van der Waals surface area contributed by atoms with Crippen LogP contribution in [0.4, 0.5) is 0 Å². The summed E-state index contributed by atoms with van der Waals surface area (Å²) in [6, 6.07) is 17.7. The molecular weight excluding hydrogens is 372 g/mol. The summed E-state index contributed by atoms with van der Waals surface area (Å²) in [5.74, 6) is 0.0210. The van der Waals surface area contributed by atoms with Gasteiger partial charge in [0.05, 0.1) is 29.2 Å². The Labute approximate surface area is 170 Å². The number of amides is 1. The minimum Gasteiger partial charge on any atom is -0.329 e. The number of carbonyl (C=O) groups excluding carboxylic acids is 1. The van der Waals surface area contributed by atoms with Crippen molar-refractivity contribution in [3.63, 3.8) is 0 Å². The van der Waals surface area contributed by atoms with Gasteiger partial charge in [-0.05, 0) is 37.7 Å². The molecule has 5 nitrogen and oxygen atoms in total. The van der Waals surface area contributed by atoms with Gasteiger partial charge >= 0.3 is 0 Å². The van der Waals surface area contributed by atoms with Crippen LogP contribution in [0, 0.1) is 6.92 Å². The highest BCUT2D eigenvalue weighted by Crippen LogP contribution is 2.28. The number of hydrogen-bond acceptors (Lipinski definition) is 3. The maximum Gasteiger partial charge on any atom is 0.257 e. The van der Waals surface area contributed by atoms with Crippen molar-refractivity contribution in [2.24, 2.45) is 0 Å². The molecule has 0 spiro atoms. The van der Waals surface area contributed by atoms with E-state index in [0.29, 0.717) is 17.1 Å². The number of halogens is 1. The van der Waals surface area contributed by atoms with E-state index >= 15 is 0 Å². The van der Waals surface area contributed by atoms with Crippen LogP contribution in [0.2, 0.25) is 5.02 Å². The molecule has 0 aliphatic carbocycles. The van der Waals surface area contributed by atoms with Gasteiger partial charge in [-0.15, -0.1) is 0 Å². The molecule has 28 heavy (non-hydrogen) atoms. The van der Waals surface area contributed by atoms with E-state index in [9.17, 15) is 4.79 Å². The van der Waals surface area contributed by atoms with E-state index in [2.05, 4.69) is 29.2 Å². The highest BCUT2D eigenvalue weighted by atomic mass is 35.5. The molecule has 1 atom stereocenters. The minimum absolute atomic E-state index is 0.0210. The molecule has 1 aliphatic heterocycles. The second-order valence-electron chi connectivity index (χ2n) is 7.22. The van der Waals surface area contributed by atoms with Gasteiger partial charge in [0.1, 0.15) is 0 Å². The Balaban J connectivity index is 1.67. The quantitative estimate of drug-likeness (QED) is 0.675. The summed E-state index contributed by atoms with van der Waals surface area (Å²) in [6.45, 7) is 4.29. The van der Waals surface area contributed by atoms with Gasteiger partial charge in [-0.25, -0.2) is 4.68 Å². The molecule has 0 radical (unpaired) electrons. The van der Waals surface area contributed by atoms with E-state index in [1.54, 1.807) is 10.9 Å². The van der Waals surface area contributed by atoms with Crippen molar-refractivity contribution < 1.29 is 4.79 Å². The van der Waals surface area contributed by atoms with Crippen LogP contribution >= 0.6 is 11.6 Å². The van der Waals surface area contributed by atoms with Crippen molar-refractivity contribution in [3.05, 3.63) is 82.6 Å². The number of benzene rings is 2. The van der Waals surface area contributed by atoms with E-state index < -0.39 is 0 Å². The molecule has 2 aromatic carbocycles. The summed E-state index contributed by atoms with van der Waals surface area (Å²) in [4.78, 5) is 17.7. The Kier molecular flexibility index (Phi) is 5.20. The van der Waals surface area contributed by atoms with E-state index in [1.807, 2.05) is 54.3 Å². The molecule has 1 saturated heterocycles. The van der Waals surface area contributed by atoms with Gasteiger partial charge in [-0.2, -0.15) is 5.10 Å². The molecule has 4 rings (SSSR count). The average Bonchev–Trinajstić information content (AvgIpc) is 3.09. The maximum atomic E-state index is 13.5. The molecule has 1 amide bonds. The fourth-order valence-corrected chi connectivity index (χ4v) is 3.95. The van der Waals surface area contributed by atoms with Crippen molar-refractivity contribution in [2.45, 2.75) is 13.0 Å². The first kappa shape index (κ1) is 18.7. The third kappa shape index (κ3) is 3.55. The average molecular weight is 395 g/mol. The molecule has 0 saturated carbocycles. The Bertz CT molecular complexity index is 985. The lowest BCUT2D eigenvalue weighted by molar-refractivity contribution is 0.0497. The third-order valence-corrected chi connectivity index (χ3v) is 5.56. The predicted octanol–water partition coefficient (Wildman–Crippen LogP) is 3.96. The number of rotatable bonds is 3. The van der Waals surface area contributed by atoms with Gasteiger partial charge < -0.3 is 9.80 Å². The number of likely N-dealkylation sites (N-methyl/N-ethyl adjacent to an activating group) is 1. The third-order valence-electron chi connectivity index (χ3n) is 5.32. The molecule has 1 fully saturated rings. The van der Waals surface area contributed by atoms with Gasteiger partial charge in [0.15, 0.2) is 0 Å². The van der Waals surface area contributed by atoms with Crippen LogP contribution in [-0.2, 0) is 0 Å². The number of carbonyl (C=O) groups is 1. The first-order valence-electron chi connectivity index (χ1n) is 9.39. The lowest BCUT2D eigenvalue weighted by Crippen LogP contribution is -2.49. The fraction of sp³-hybridized carbons (Fsp3) is 0.273. The van der Waals surface area contributed by atoms with Gasteiger partial charge in [-0.3, -0.25) is 4.79 Å². The molecule has 0 N–H and O–H groups in total. The maximum absolute atomic E-state index is 13.5. The highest BCUT2D eigenvalue weighted by Gasteiger charge is 2.32. The molecule has 3 aromatic rings. The van der Waals surface area contributed by atoms with Crippen LogP contribution in [-0.4, -0.2) is 52.2 Å². The standard InChI is InChI=1S/C22H23ClN4O/c1-16-20(14-24-27(16)19-10-6-9-18(23)13-19)22(28)26-12-11-25(2)15-21(26)17-7-4-3-5-8-17/h3-10,13-14,21H,11-12,15H2,1-2H3. The zero-order valence-corrected chi connectivity index (χ0v) is 16.8. The van der Waals surface area contributed by atoms with Crippen molar-refractivity contribution >= 4 is 17.5 Å². The molecule has 1 aliphatic rings. The van der Waals surface area contributed by atoms with Gasteiger partial charge in [0.25, 0.3) is 5.91 Å². The summed E-state index contributed by atoms with van der Waals surface area (Å²) >= 11 is 6.12. The first-order valence-corrected chi connectivity index (χ1v) is 9.77. The Morgan fingerprint density at radius 1 is 1.11 bits per heavy atom. The van der Waals surface area contributed by atoms with E-state index in [4.69, 9.17) is 11.6 Å². The van der Waals surface area contributed by atoms with Crippen LogP contribution in [0.15, 0.2) is 60.8 Å². The second kappa shape index (κ2) is 7.78. The summed E-state index contributed by atoms with van der Waals surface area (Å²) in [7, 11) is 2.10. The summed E-state index contributed by atoms with van der Waals surface area (Å²) in [5.41, 5.74) is 3.45. The monoisotopic (exact) mass is 394 g/mol. The van der Waals surface area contributed by atoms with Crippen molar-refractivity contribution in [1.29, 1.82) is 0 Å². The Morgan fingerprint density at radius 3 is 2.64 bits per heavy atom. The van der Waals surface area contributed by atoms with Gasteiger partial charge in [0, 0.05) is 24.7 Å². The zero-order valence-electron chi connectivity index (χ0n) is 16.0. The minimum atomic E-state index is 0.0210. The van der Waals surface area contributed by atoms with E-state index in [1.165, 1.54) is 0 Å². The molecule has 0 bridgehead atoms. The van der Waals surface area contributed by atoms with Crippen molar-refractivity contribution in [2.75, 3.05) is 26.7 Å². The van der Waals surface area contributed by atoms with E-state index in [-0.39, 0.29) is 11.9 Å². The normalized spacial score (nSPS) is 17.7. The SMILES string of the molecule is Cc1c(C(=O)N2CCN(C)CC2c2ccccc2)cnn1-c1cccc(Cl)c1. The van der Waals surface area contributed by atoms with Crippen LogP contribution in [0.5, 0.6) is 0 Å². The number of piperazine rings is 1. The predicted molar refractivity (Wildman–Crippen MR) is 111 cm³/mol. The van der Waals surface area contributed by atoms with Crippen LogP contribution < -0.4 is 0 Å². The summed E-state index contributed by atoms with van der Waals surface area (Å²) in [5, 5.41) is 5.10. The van der Waals surface area contributed by atoms with Crippen molar-refractivity contribution in [1.82, 2.24) is 19.6 Å². The number of aromatic nitrogens is 2. The lowest BCUT2D eigenvalue weighted by Gasteiger charge is -2.40. The molecule has 6 heteroatoms. The smallest absolute Gasteiger partial charge is 0.257 e. The summed E-state index contributed by atoms with van der Waals surface area (Å²) in [6.07, 6.45) is 1.67. The molecule has 2 heterocycles. The summed E-state index contributed by atoms with van der Waals surface area (Å²) < 4.78 is 1.77.